The Morgan fingerprint density at radius 2 is 1.31 bits per heavy atom. The highest BCUT2D eigenvalue weighted by atomic mass is 32.2. The van der Waals surface area contributed by atoms with Crippen LogP contribution in [0.25, 0.3) is 0 Å². The fraction of sp³-hybridized carbons (Fsp3) is 0.629. The summed E-state index contributed by atoms with van der Waals surface area (Å²) in [4.78, 5) is 15.0. The number of amides is 1. The van der Waals surface area contributed by atoms with E-state index in [1.807, 2.05) is 32.9 Å². The molecule has 2 heterocycles. The van der Waals surface area contributed by atoms with Crippen LogP contribution in [0.1, 0.15) is 72.1 Å². The normalized spacial score (nSPS) is 28.4. The van der Waals surface area contributed by atoms with Crippen molar-refractivity contribution >= 4 is 25.8 Å². The van der Waals surface area contributed by atoms with Gasteiger partial charge in [0.1, 0.15) is 5.60 Å². The molecule has 4 fully saturated rings. The number of likely N-dealkylation sites (tertiary alicyclic amines) is 1. The number of benzene rings is 2. The van der Waals surface area contributed by atoms with Crippen molar-refractivity contribution in [1.29, 1.82) is 0 Å². The summed E-state index contributed by atoms with van der Waals surface area (Å²) in [7, 11) is -6.36. The van der Waals surface area contributed by atoms with Crippen LogP contribution in [0.2, 0.25) is 0 Å². The third-order valence-electron chi connectivity index (χ3n) is 10.1. The maximum Gasteiger partial charge on any atom is 0.410 e. The second-order valence-electron chi connectivity index (χ2n) is 15.0. The second-order valence-corrected chi connectivity index (χ2v) is 19.1. The molecule has 2 spiro atoms. The van der Waals surface area contributed by atoms with Crippen molar-refractivity contribution in [3.8, 4) is 0 Å². The largest absolute Gasteiger partial charge is 0.444 e. The zero-order valence-corrected chi connectivity index (χ0v) is 28.7. The Morgan fingerprint density at radius 3 is 1.80 bits per heavy atom. The van der Waals surface area contributed by atoms with Gasteiger partial charge in [0.05, 0.1) is 21.3 Å². The van der Waals surface area contributed by atoms with Crippen LogP contribution in [0, 0.1) is 22.7 Å². The van der Waals surface area contributed by atoms with Gasteiger partial charge in [-0.15, -0.1) is 0 Å². The fourth-order valence-electron chi connectivity index (χ4n) is 7.98. The van der Waals surface area contributed by atoms with E-state index in [1.54, 1.807) is 53.4 Å². The summed E-state index contributed by atoms with van der Waals surface area (Å²) < 4.78 is 55.5. The lowest BCUT2D eigenvalue weighted by atomic mass is 9.85. The quantitative estimate of drug-likeness (QED) is 0.398. The first kappa shape index (κ1) is 33.9. The number of rotatable bonds is 6. The molecule has 6 rings (SSSR count). The summed E-state index contributed by atoms with van der Waals surface area (Å²) in [6.45, 7) is 9.17. The molecule has 2 aliphatic carbocycles. The van der Waals surface area contributed by atoms with Crippen molar-refractivity contribution in [3.63, 3.8) is 0 Å². The molecule has 1 amide bonds. The van der Waals surface area contributed by atoms with Crippen molar-refractivity contribution in [2.75, 3.05) is 37.7 Å². The molecule has 248 valence electrons. The molecule has 0 radical (unpaired) electrons. The number of nitrogens with zero attached hydrogens (tertiary/aromatic N) is 1. The molecule has 4 aliphatic rings. The van der Waals surface area contributed by atoms with Gasteiger partial charge in [0.15, 0.2) is 19.7 Å². The van der Waals surface area contributed by atoms with Crippen LogP contribution >= 0.6 is 0 Å². The minimum atomic E-state index is -3.25. The fourth-order valence-corrected chi connectivity index (χ4v) is 11.3. The number of ether oxygens (including phenoxy) is 1. The van der Waals surface area contributed by atoms with Crippen LogP contribution < -0.4 is 5.32 Å². The minimum absolute atomic E-state index is 0.0633. The molecule has 8 nitrogen and oxygen atoms in total. The van der Waals surface area contributed by atoms with E-state index in [2.05, 4.69) is 5.32 Å². The topological polar surface area (TPSA) is 110 Å². The molecule has 4 unspecified atom stereocenters. The van der Waals surface area contributed by atoms with E-state index in [0.29, 0.717) is 40.0 Å². The van der Waals surface area contributed by atoms with Gasteiger partial charge in [0.2, 0.25) is 0 Å². The first-order valence-electron chi connectivity index (χ1n) is 16.4. The van der Waals surface area contributed by atoms with E-state index < -0.39 is 25.3 Å². The zero-order valence-electron chi connectivity index (χ0n) is 27.0. The highest BCUT2D eigenvalue weighted by molar-refractivity contribution is 7.91. The summed E-state index contributed by atoms with van der Waals surface area (Å²) in [6, 6.07) is 17.5. The zero-order chi connectivity index (χ0) is 32.3. The molecule has 2 aromatic carbocycles. The Bertz CT molecular complexity index is 1520. The number of hydrogen-bond acceptors (Lipinski definition) is 7. The summed E-state index contributed by atoms with van der Waals surface area (Å²) in [5.74, 6) is 1.02. The van der Waals surface area contributed by atoms with E-state index in [1.165, 1.54) is 12.8 Å². The third-order valence-corrected chi connectivity index (χ3v) is 13.9. The molecule has 2 saturated heterocycles. The summed E-state index contributed by atoms with van der Waals surface area (Å²) in [5.41, 5.74) is -0.0283. The third kappa shape index (κ3) is 8.69. The van der Waals surface area contributed by atoms with Gasteiger partial charge in [-0.25, -0.2) is 21.6 Å². The Balaban J connectivity index is 0.000000186. The van der Waals surface area contributed by atoms with Crippen LogP contribution in [0.4, 0.5) is 4.79 Å². The van der Waals surface area contributed by atoms with Gasteiger partial charge in [-0.2, -0.15) is 0 Å². The van der Waals surface area contributed by atoms with E-state index in [9.17, 15) is 21.6 Å². The van der Waals surface area contributed by atoms with E-state index in [4.69, 9.17) is 4.74 Å². The highest BCUT2D eigenvalue weighted by Gasteiger charge is 2.47. The average Bonchev–Trinajstić information content (AvgIpc) is 3.79. The first-order valence-corrected chi connectivity index (χ1v) is 19.7. The van der Waals surface area contributed by atoms with Gasteiger partial charge in [-0.05, 0) is 126 Å². The molecule has 45 heavy (non-hydrogen) atoms. The van der Waals surface area contributed by atoms with Crippen LogP contribution in [0.5, 0.6) is 0 Å². The number of sulfone groups is 2. The van der Waals surface area contributed by atoms with Crippen molar-refractivity contribution in [2.45, 2.75) is 87.5 Å². The lowest BCUT2D eigenvalue weighted by molar-refractivity contribution is 0.0273. The Morgan fingerprint density at radius 1 is 0.800 bits per heavy atom. The lowest BCUT2D eigenvalue weighted by Gasteiger charge is -2.27. The molecule has 0 bridgehead atoms. The van der Waals surface area contributed by atoms with Crippen LogP contribution in [0.15, 0.2) is 70.5 Å². The number of carbonyl (C=O) groups is 1. The molecular weight excluding hydrogens is 609 g/mol. The summed E-state index contributed by atoms with van der Waals surface area (Å²) >= 11 is 0. The SMILES string of the molecule is CC(C)(C)OC(=O)N1CCC2(CCC(CS(=O)(=O)c3ccccc3)C2)C1.O=S(=O)(CC1CCC2(CCNC2)C1)c1ccccc1. The molecule has 10 heteroatoms. The predicted octanol–water partition coefficient (Wildman–Crippen LogP) is 6.13. The van der Waals surface area contributed by atoms with Crippen molar-refractivity contribution < 1.29 is 26.4 Å². The van der Waals surface area contributed by atoms with Crippen LogP contribution in [-0.4, -0.2) is 71.1 Å². The van der Waals surface area contributed by atoms with Gasteiger partial charge in [0.25, 0.3) is 0 Å². The smallest absolute Gasteiger partial charge is 0.410 e. The van der Waals surface area contributed by atoms with Gasteiger partial charge >= 0.3 is 6.09 Å². The number of carbonyl (C=O) groups excluding carboxylic acids is 1. The number of nitrogens with one attached hydrogen (secondary N) is 1. The number of hydrogen-bond donors (Lipinski definition) is 1. The highest BCUT2D eigenvalue weighted by Crippen LogP contribution is 2.49. The Kier molecular flexibility index (Phi) is 10.1. The van der Waals surface area contributed by atoms with Crippen LogP contribution in [-0.2, 0) is 24.4 Å². The predicted molar refractivity (Wildman–Crippen MR) is 176 cm³/mol. The Labute approximate surface area is 270 Å². The average molecular weight is 659 g/mol. The van der Waals surface area contributed by atoms with Gasteiger partial charge in [0, 0.05) is 19.6 Å². The Hall–Kier alpha value is -2.43. The van der Waals surface area contributed by atoms with Crippen molar-refractivity contribution in [3.05, 3.63) is 60.7 Å². The molecule has 1 N–H and O–H groups in total. The van der Waals surface area contributed by atoms with Gasteiger partial charge < -0.3 is 15.0 Å². The minimum Gasteiger partial charge on any atom is -0.444 e. The summed E-state index contributed by atoms with van der Waals surface area (Å²) in [6.07, 6.45) is 8.00. The van der Waals surface area contributed by atoms with Crippen molar-refractivity contribution in [1.82, 2.24) is 10.2 Å². The van der Waals surface area contributed by atoms with E-state index in [-0.39, 0.29) is 23.2 Å². The standard InChI is InChI=1S/C20H29NO4S.C15H21NO2S/c1-19(2,3)25-18(22)21-12-11-20(15-21)10-9-16(13-20)14-26(23,24)17-7-5-4-6-8-17;17-19(18,14-4-2-1-3-5-14)11-13-6-7-15(10-13)8-9-16-12-15/h4-8,16H,9-15H2,1-3H3;1-5,13,16H,6-12H2. The van der Waals surface area contributed by atoms with E-state index in [0.717, 1.165) is 51.6 Å². The summed E-state index contributed by atoms with van der Waals surface area (Å²) in [5, 5.41) is 3.42. The van der Waals surface area contributed by atoms with Crippen LogP contribution in [0.3, 0.4) is 0 Å². The monoisotopic (exact) mass is 658 g/mol. The van der Waals surface area contributed by atoms with Gasteiger partial charge in [-0.1, -0.05) is 36.4 Å². The second kappa shape index (κ2) is 13.4. The molecule has 2 saturated carbocycles. The maximum absolute atomic E-state index is 12.6. The molecule has 2 aromatic rings. The maximum atomic E-state index is 12.6. The first-order chi connectivity index (χ1) is 21.2. The van der Waals surface area contributed by atoms with Gasteiger partial charge in [-0.3, -0.25) is 0 Å². The lowest BCUT2D eigenvalue weighted by Crippen LogP contribution is -2.36. The van der Waals surface area contributed by atoms with Crippen molar-refractivity contribution in [2.24, 2.45) is 22.7 Å². The molecule has 2 aliphatic heterocycles. The molecular formula is C35H50N2O6S2. The molecule has 0 aromatic heterocycles. The molecule has 4 atom stereocenters. The van der Waals surface area contributed by atoms with E-state index >= 15 is 0 Å².